The van der Waals surface area contributed by atoms with Crippen LogP contribution >= 0.6 is 11.3 Å². The molecule has 1 fully saturated rings. The highest BCUT2D eigenvalue weighted by molar-refractivity contribution is 7.18. The summed E-state index contributed by atoms with van der Waals surface area (Å²) in [6.45, 7) is 9.96. The Balaban J connectivity index is 1.60. The SMILES string of the molecule is CC[N+]1(C(=O)O)N=C(NC(=O)c2ccc(N3CCOCC3)cc2)c2cc(C(=O)OC(C)(C)C)sc21. The fourth-order valence-electron chi connectivity index (χ4n) is 3.92. The van der Waals surface area contributed by atoms with Crippen LogP contribution in [0.1, 0.15) is 53.3 Å². The van der Waals surface area contributed by atoms with Gasteiger partial charge in [-0.3, -0.25) is 4.79 Å². The summed E-state index contributed by atoms with van der Waals surface area (Å²) in [5, 5.41) is 17.4. The number of hydrogen-bond donors (Lipinski definition) is 2. The van der Waals surface area contributed by atoms with Crippen LogP contribution in [0, 0.1) is 0 Å². The molecule has 3 heterocycles. The number of rotatable bonds is 4. The molecule has 0 saturated carbocycles. The van der Waals surface area contributed by atoms with Crippen LogP contribution in [0.5, 0.6) is 0 Å². The number of thiophene rings is 1. The minimum Gasteiger partial charge on any atom is -0.456 e. The van der Waals surface area contributed by atoms with Crippen molar-refractivity contribution < 1.29 is 29.0 Å². The minimum atomic E-state index is -1.20. The van der Waals surface area contributed by atoms with E-state index < -0.39 is 28.2 Å². The number of carboxylic acid groups (broad SMARTS) is 1. The van der Waals surface area contributed by atoms with Crippen LogP contribution < -0.4 is 14.8 Å². The van der Waals surface area contributed by atoms with Crippen molar-refractivity contribution in [3.8, 4) is 0 Å². The Labute approximate surface area is 207 Å². The quantitative estimate of drug-likeness (QED) is 0.485. The zero-order chi connectivity index (χ0) is 25.4. The normalized spacial score (nSPS) is 19.7. The van der Waals surface area contributed by atoms with Gasteiger partial charge in [0.25, 0.3) is 5.91 Å². The standard InChI is InChI=1S/C24H28N4O6S/c1-5-28(23(31)32)21-17(14-18(35-21)22(30)34-24(2,3)4)19(26-28)25-20(29)15-6-8-16(9-7-15)27-10-12-33-13-11-27/h6-9,14H,5,10-13H2,1-4H3,(H-,25,26,29,31,32)/p+1. The summed E-state index contributed by atoms with van der Waals surface area (Å²) in [4.78, 5) is 40.3. The monoisotopic (exact) mass is 501 g/mol. The van der Waals surface area contributed by atoms with Gasteiger partial charge in [-0.1, -0.05) is 15.9 Å². The first-order valence-corrected chi connectivity index (χ1v) is 12.2. The van der Waals surface area contributed by atoms with E-state index in [-0.39, 0.29) is 17.3 Å². The molecule has 1 saturated heterocycles. The molecule has 1 atom stereocenters. The topological polar surface area (TPSA) is 118 Å². The van der Waals surface area contributed by atoms with Gasteiger partial charge >= 0.3 is 12.1 Å². The predicted molar refractivity (Wildman–Crippen MR) is 133 cm³/mol. The van der Waals surface area contributed by atoms with Gasteiger partial charge in [0.15, 0.2) is 0 Å². The molecule has 2 aliphatic heterocycles. The summed E-state index contributed by atoms with van der Waals surface area (Å²) in [7, 11) is 0. The Kier molecular flexibility index (Phi) is 6.67. The second-order valence-electron chi connectivity index (χ2n) is 9.25. The number of fused-ring (bicyclic) bond motifs is 1. The van der Waals surface area contributed by atoms with Gasteiger partial charge in [0.05, 0.1) is 18.8 Å². The number of morpholine rings is 1. The lowest BCUT2D eigenvalue weighted by atomic mass is 10.1. The summed E-state index contributed by atoms with van der Waals surface area (Å²) >= 11 is 1.01. The number of amidine groups is 1. The molecule has 0 radical (unpaired) electrons. The minimum absolute atomic E-state index is 0.101. The van der Waals surface area contributed by atoms with Gasteiger partial charge in [-0.2, -0.15) is 4.79 Å². The number of benzene rings is 1. The van der Waals surface area contributed by atoms with Crippen LogP contribution in [-0.2, 0) is 9.47 Å². The van der Waals surface area contributed by atoms with Crippen LogP contribution in [-0.4, -0.2) is 67.4 Å². The maximum absolute atomic E-state index is 13.0. The van der Waals surface area contributed by atoms with Crippen LogP contribution in [0.25, 0.3) is 0 Å². The van der Waals surface area contributed by atoms with Crippen molar-refractivity contribution in [2.45, 2.75) is 33.3 Å². The molecule has 2 aromatic rings. The van der Waals surface area contributed by atoms with Gasteiger partial charge in [-0.15, -0.1) is 0 Å². The Bertz CT molecular complexity index is 1180. The van der Waals surface area contributed by atoms with E-state index in [2.05, 4.69) is 15.3 Å². The zero-order valence-electron chi connectivity index (χ0n) is 20.2. The van der Waals surface area contributed by atoms with E-state index in [1.807, 2.05) is 12.1 Å². The highest BCUT2D eigenvalue weighted by atomic mass is 32.1. The Morgan fingerprint density at radius 3 is 2.43 bits per heavy atom. The first kappa shape index (κ1) is 24.8. The number of hydrogen-bond acceptors (Lipinski definition) is 8. The summed E-state index contributed by atoms with van der Waals surface area (Å²) < 4.78 is 10.1. The zero-order valence-corrected chi connectivity index (χ0v) is 21.0. The molecule has 2 amide bonds. The average Bonchev–Trinajstić information content (AvgIpc) is 3.38. The lowest BCUT2D eigenvalue weighted by Gasteiger charge is -2.28. The van der Waals surface area contributed by atoms with Crippen LogP contribution in [0.2, 0.25) is 0 Å². The number of esters is 1. The first-order valence-electron chi connectivity index (χ1n) is 11.4. The second-order valence-corrected chi connectivity index (χ2v) is 10.3. The largest absolute Gasteiger partial charge is 0.547 e. The van der Waals surface area contributed by atoms with E-state index in [0.29, 0.717) is 29.3 Å². The molecule has 10 nitrogen and oxygen atoms in total. The molecule has 0 spiro atoms. The van der Waals surface area contributed by atoms with E-state index in [1.54, 1.807) is 39.8 Å². The van der Waals surface area contributed by atoms with Gasteiger partial charge in [0, 0.05) is 24.3 Å². The smallest absolute Gasteiger partial charge is 0.456 e. The molecule has 0 bridgehead atoms. The molecule has 11 heteroatoms. The van der Waals surface area contributed by atoms with Crippen molar-refractivity contribution in [3.05, 3.63) is 46.3 Å². The predicted octanol–water partition coefficient (Wildman–Crippen LogP) is 3.65. The van der Waals surface area contributed by atoms with E-state index in [9.17, 15) is 19.5 Å². The lowest BCUT2D eigenvalue weighted by Crippen LogP contribution is -2.47. The number of carbonyl (C=O) groups excluding carboxylic acids is 2. The third-order valence-electron chi connectivity index (χ3n) is 5.69. The fraction of sp³-hybridized carbons (Fsp3) is 0.417. The molecule has 35 heavy (non-hydrogen) atoms. The number of nitrogens with zero attached hydrogens (tertiary/aromatic N) is 3. The number of amides is 2. The molecular formula is C24H29N4O6S+. The molecule has 2 aliphatic rings. The van der Waals surface area contributed by atoms with Crippen LogP contribution in [0.4, 0.5) is 15.5 Å². The Morgan fingerprint density at radius 2 is 1.86 bits per heavy atom. The van der Waals surface area contributed by atoms with Gasteiger partial charge in [0.1, 0.15) is 17.0 Å². The Hall–Kier alpha value is -3.28. The van der Waals surface area contributed by atoms with Crippen LogP contribution in [0.3, 0.4) is 0 Å². The summed E-state index contributed by atoms with van der Waals surface area (Å²) in [6, 6.07) is 8.71. The van der Waals surface area contributed by atoms with Crippen molar-refractivity contribution in [1.29, 1.82) is 0 Å². The number of quaternary nitrogens is 1. The van der Waals surface area contributed by atoms with Crippen molar-refractivity contribution in [1.82, 2.24) is 9.91 Å². The summed E-state index contributed by atoms with van der Waals surface area (Å²) in [6.07, 6.45) is -1.20. The summed E-state index contributed by atoms with van der Waals surface area (Å²) in [5.74, 6) is -0.867. The maximum atomic E-state index is 13.0. The average molecular weight is 502 g/mol. The third kappa shape index (κ3) is 4.93. The molecule has 1 unspecified atom stereocenters. The number of ether oxygens (including phenoxy) is 2. The van der Waals surface area contributed by atoms with E-state index in [4.69, 9.17) is 9.47 Å². The van der Waals surface area contributed by atoms with Crippen molar-refractivity contribution in [2.24, 2.45) is 5.10 Å². The van der Waals surface area contributed by atoms with Crippen molar-refractivity contribution in [3.63, 3.8) is 0 Å². The lowest BCUT2D eigenvalue weighted by molar-refractivity contribution is 0.00749. The first-order chi connectivity index (χ1) is 16.5. The van der Waals surface area contributed by atoms with E-state index in [0.717, 1.165) is 30.1 Å². The van der Waals surface area contributed by atoms with Gasteiger partial charge < -0.3 is 24.8 Å². The highest BCUT2D eigenvalue weighted by Gasteiger charge is 2.50. The molecule has 0 aliphatic carbocycles. The Morgan fingerprint density at radius 1 is 1.20 bits per heavy atom. The van der Waals surface area contributed by atoms with Gasteiger partial charge in [-0.05, 0) is 63.1 Å². The van der Waals surface area contributed by atoms with Crippen LogP contribution in [0.15, 0.2) is 35.4 Å². The van der Waals surface area contributed by atoms with Gasteiger partial charge in [-0.25, -0.2) is 4.79 Å². The molecule has 186 valence electrons. The van der Waals surface area contributed by atoms with Gasteiger partial charge in [0.2, 0.25) is 10.8 Å². The number of nitrogens with one attached hydrogen (secondary N) is 1. The summed E-state index contributed by atoms with van der Waals surface area (Å²) in [5.41, 5.74) is 1.11. The van der Waals surface area contributed by atoms with E-state index >= 15 is 0 Å². The second kappa shape index (κ2) is 9.40. The van der Waals surface area contributed by atoms with Crippen molar-refractivity contribution in [2.75, 3.05) is 37.7 Å². The highest BCUT2D eigenvalue weighted by Crippen LogP contribution is 2.42. The maximum Gasteiger partial charge on any atom is 0.547 e. The third-order valence-corrected chi connectivity index (χ3v) is 6.91. The fourth-order valence-corrected chi connectivity index (χ4v) is 5.10. The molecular weight excluding hydrogens is 472 g/mol. The molecule has 2 N–H and O–H groups in total. The molecule has 4 rings (SSSR count). The molecule has 1 aromatic heterocycles. The molecule has 1 aromatic carbocycles. The number of anilines is 1. The van der Waals surface area contributed by atoms with Crippen molar-refractivity contribution >= 4 is 45.8 Å². The van der Waals surface area contributed by atoms with E-state index in [1.165, 1.54) is 6.07 Å². The number of carbonyl (C=O) groups is 3.